The zero-order chi connectivity index (χ0) is 17.1. The highest BCUT2D eigenvalue weighted by Crippen LogP contribution is 2.26. The molecule has 0 radical (unpaired) electrons. The Kier molecular flexibility index (Phi) is 4.95. The van der Waals surface area contributed by atoms with Gasteiger partial charge in [0, 0.05) is 28.9 Å². The molecule has 3 aromatic rings. The lowest BCUT2D eigenvalue weighted by atomic mass is 9.91. The van der Waals surface area contributed by atoms with Crippen molar-refractivity contribution in [2.45, 2.75) is 51.2 Å². The first-order valence-corrected chi connectivity index (χ1v) is 9.89. The summed E-state index contributed by atoms with van der Waals surface area (Å²) in [7, 11) is 0. The minimum Gasteiger partial charge on any atom is -0.367 e. The molecule has 4 rings (SSSR count). The SMILES string of the molecule is Cc1ccc2ncnc(NC3CCC(NCc4cccs4)CC3)c2c1. The number of hydrogen-bond donors (Lipinski definition) is 2. The summed E-state index contributed by atoms with van der Waals surface area (Å²) in [6, 6.07) is 11.8. The number of nitrogens with one attached hydrogen (secondary N) is 2. The molecule has 4 nitrogen and oxygen atoms in total. The second-order valence-corrected chi connectivity index (χ2v) is 7.93. The fourth-order valence-electron chi connectivity index (χ4n) is 3.58. The van der Waals surface area contributed by atoms with Crippen LogP contribution in [0.1, 0.15) is 36.1 Å². The molecule has 0 atom stereocenters. The van der Waals surface area contributed by atoms with Crippen LogP contribution in [-0.4, -0.2) is 22.1 Å². The van der Waals surface area contributed by atoms with E-state index in [2.05, 4.69) is 63.2 Å². The molecule has 0 amide bonds. The number of rotatable bonds is 5. The summed E-state index contributed by atoms with van der Waals surface area (Å²) < 4.78 is 0. The molecule has 0 unspecified atom stereocenters. The third-order valence-corrected chi connectivity index (χ3v) is 5.88. The second-order valence-electron chi connectivity index (χ2n) is 6.90. The zero-order valence-corrected chi connectivity index (χ0v) is 15.4. The van der Waals surface area contributed by atoms with Crippen molar-refractivity contribution in [3.05, 3.63) is 52.5 Å². The molecule has 1 fully saturated rings. The highest BCUT2D eigenvalue weighted by atomic mass is 32.1. The van der Waals surface area contributed by atoms with Crippen LogP contribution in [0.25, 0.3) is 10.9 Å². The number of aryl methyl sites for hydroxylation is 1. The van der Waals surface area contributed by atoms with Crippen LogP contribution < -0.4 is 10.6 Å². The quantitative estimate of drug-likeness (QED) is 0.709. The summed E-state index contributed by atoms with van der Waals surface area (Å²) in [5, 5.41) is 10.6. The Morgan fingerprint density at radius 2 is 1.92 bits per heavy atom. The van der Waals surface area contributed by atoms with Crippen molar-refractivity contribution in [2.24, 2.45) is 0 Å². The fourth-order valence-corrected chi connectivity index (χ4v) is 4.23. The monoisotopic (exact) mass is 352 g/mol. The Labute approximate surface area is 152 Å². The van der Waals surface area contributed by atoms with E-state index in [1.165, 1.54) is 36.1 Å². The van der Waals surface area contributed by atoms with Crippen molar-refractivity contribution >= 4 is 28.1 Å². The molecule has 130 valence electrons. The standard InChI is InChI=1S/C20H24N4S/c1-14-4-9-19-18(11-14)20(23-13-22-19)24-16-7-5-15(6-8-16)21-12-17-3-2-10-25-17/h2-4,9-11,13,15-16,21H,5-8,12H2,1H3,(H,22,23,24). The maximum absolute atomic E-state index is 4.49. The minimum absolute atomic E-state index is 0.499. The van der Waals surface area contributed by atoms with Gasteiger partial charge in [-0.2, -0.15) is 0 Å². The summed E-state index contributed by atoms with van der Waals surface area (Å²) in [5.41, 5.74) is 2.25. The molecule has 0 bridgehead atoms. The van der Waals surface area contributed by atoms with E-state index in [-0.39, 0.29) is 0 Å². The van der Waals surface area contributed by atoms with Gasteiger partial charge in [0.15, 0.2) is 0 Å². The minimum atomic E-state index is 0.499. The van der Waals surface area contributed by atoms with Crippen LogP contribution in [0.2, 0.25) is 0 Å². The third-order valence-electron chi connectivity index (χ3n) is 5.00. The Bertz CT molecular complexity index is 823. The van der Waals surface area contributed by atoms with Gasteiger partial charge in [-0.1, -0.05) is 17.7 Å². The summed E-state index contributed by atoms with van der Waals surface area (Å²) in [6.07, 6.45) is 6.45. The van der Waals surface area contributed by atoms with Crippen LogP contribution in [0.5, 0.6) is 0 Å². The predicted octanol–water partition coefficient (Wildman–Crippen LogP) is 4.51. The van der Waals surface area contributed by atoms with Crippen LogP contribution in [-0.2, 0) is 6.54 Å². The Hall–Kier alpha value is -1.98. The van der Waals surface area contributed by atoms with E-state index in [4.69, 9.17) is 0 Å². The van der Waals surface area contributed by atoms with Crippen molar-refractivity contribution < 1.29 is 0 Å². The van der Waals surface area contributed by atoms with Gasteiger partial charge >= 0.3 is 0 Å². The molecule has 25 heavy (non-hydrogen) atoms. The molecular formula is C20H24N4S. The average molecular weight is 353 g/mol. The molecule has 0 aliphatic heterocycles. The van der Waals surface area contributed by atoms with Gasteiger partial charge in [-0.05, 0) is 56.2 Å². The number of benzene rings is 1. The average Bonchev–Trinajstić information content (AvgIpc) is 3.15. The van der Waals surface area contributed by atoms with Crippen LogP contribution in [0, 0.1) is 6.92 Å². The molecule has 0 spiro atoms. The maximum Gasteiger partial charge on any atom is 0.137 e. The lowest BCUT2D eigenvalue weighted by Gasteiger charge is -2.30. The van der Waals surface area contributed by atoms with Crippen LogP contribution in [0.15, 0.2) is 42.0 Å². The highest BCUT2D eigenvalue weighted by molar-refractivity contribution is 7.09. The van der Waals surface area contributed by atoms with Crippen molar-refractivity contribution in [1.29, 1.82) is 0 Å². The van der Waals surface area contributed by atoms with Gasteiger partial charge in [-0.25, -0.2) is 9.97 Å². The van der Waals surface area contributed by atoms with Crippen LogP contribution >= 0.6 is 11.3 Å². The number of thiophene rings is 1. The molecule has 1 saturated carbocycles. The van der Waals surface area contributed by atoms with Gasteiger partial charge < -0.3 is 10.6 Å². The van der Waals surface area contributed by atoms with Gasteiger partial charge in [-0.3, -0.25) is 0 Å². The Morgan fingerprint density at radius 1 is 1.08 bits per heavy atom. The van der Waals surface area contributed by atoms with Gasteiger partial charge in [0.1, 0.15) is 12.1 Å². The van der Waals surface area contributed by atoms with Gasteiger partial charge in [0.05, 0.1) is 5.52 Å². The molecule has 1 aliphatic rings. The number of nitrogens with zero attached hydrogens (tertiary/aromatic N) is 2. The largest absolute Gasteiger partial charge is 0.367 e. The summed E-state index contributed by atoms with van der Waals surface area (Å²) in [6.45, 7) is 3.11. The molecular weight excluding hydrogens is 328 g/mol. The number of fused-ring (bicyclic) bond motifs is 1. The topological polar surface area (TPSA) is 49.8 Å². The smallest absolute Gasteiger partial charge is 0.137 e. The zero-order valence-electron chi connectivity index (χ0n) is 14.5. The lowest BCUT2D eigenvalue weighted by Crippen LogP contribution is -2.36. The van der Waals surface area contributed by atoms with E-state index in [1.54, 1.807) is 6.33 Å². The van der Waals surface area contributed by atoms with E-state index in [1.807, 2.05) is 11.3 Å². The van der Waals surface area contributed by atoms with E-state index < -0.39 is 0 Å². The van der Waals surface area contributed by atoms with Gasteiger partial charge in [0.2, 0.25) is 0 Å². The number of hydrogen-bond acceptors (Lipinski definition) is 5. The van der Waals surface area contributed by atoms with Crippen molar-refractivity contribution in [3.8, 4) is 0 Å². The van der Waals surface area contributed by atoms with E-state index in [0.717, 1.165) is 23.3 Å². The summed E-state index contributed by atoms with van der Waals surface area (Å²) in [4.78, 5) is 10.3. The Morgan fingerprint density at radius 3 is 2.72 bits per heavy atom. The molecule has 1 aliphatic carbocycles. The molecule has 2 heterocycles. The summed E-state index contributed by atoms with van der Waals surface area (Å²) in [5.74, 6) is 0.976. The van der Waals surface area contributed by atoms with Gasteiger partial charge in [-0.15, -0.1) is 11.3 Å². The predicted molar refractivity (Wildman–Crippen MR) is 105 cm³/mol. The maximum atomic E-state index is 4.49. The van der Waals surface area contributed by atoms with Gasteiger partial charge in [0.25, 0.3) is 0 Å². The fraction of sp³-hybridized carbons (Fsp3) is 0.400. The van der Waals surface area contributed by atoms with Crippen molar-refractivity contribution in [3.63, 3.8) is 0 Å². The van der Waals surface area contributed by atoms with E-state index in [0.29, 0.717) is 12.1 Å². The normalized spacial score (nSPS) is 20.7. The molecule has 2 N–H and O–H groups in total. The molecule has 5 heteroatoms. The Balaban J connectivity index is 1.35. The first-order valence-electron chi connectivity index (χ1n) is 9.01. The highest BCUT2D eigenvalue weighted by Gasteiger charge is 2.21. The lowest BCUT2D eigenvalue weighted by molar-refractivity contribution is 0.353. The number of anilines is 1. The van der Waals surface area contributed by atoms with Crippen molar-refractivity contribution in [2.75, 3.05) is 5.32 Å². The summed E-state index contributed by atoms with van der Waals surface area (Å²) >= 11 is 1.83. The molecule has 1 aromatic carbocycles. The molecule has 2 aromatic heterocycles. The first kappa shape index (κ1) is 16.5. The number of aromatic nitrogens is 2. The first-order chi connectivity index (χ1) is 12.3. The second kappa shape index (κ2) is 7.50. The van der Waals surface area contributed by atoms with Crippen LogP contribution in [0.4, 0.5) is 5.82 Å². The van der Waals surface area contributed by atoms with E-state index >= 15 is 0 Å². The molecule has 0 saturated heterocycles. The third kappa shape index (κ3) is 3.99. The van der Waals surface area contributed by atoms with Crippen LogP contribution in [0.3, 0.4) is 0 Å². The van der Waals surface area contributed by atoms with E-state index in [9.17, 15) is 0 Å². The van der Waals surface area contributed by atoms with Crippen molar-refractivity contribution in [1.82, 2.24) is 15.3 Å².